The van der Waals surface area contributed by atoms with Crippen LogP contribution in [0.25, 0.3) is 0 Å². The number of hydrogen-bond acceptors (Lipinski definition) is 2. The molecule has 0 N–H and O–H groups in total. The van der Waals surface area contributed by atoms with E-state index in [2.05, 4.69) is 0 Å². The van der Waals surface area contributed by atoms with Crippen molar-refractivity contribution < 1.29 is 15.0 Å². The van der Waals surface area contributed by atoms with Gasteiger partial charge < -0.3 is 9.47 Å². The lowest BCUT2D eigenvalue weighted by molar-refractivity contribution is 0.0110. The molecule has 0 aliphatic rings. The number of hydrogen-bond donors (Lipinski definition) is 0. The molecule has 0 aliphatic carbocycles. The van der Waals surface area contributed by atoms with E-state index in [4.69, 9.17) is 15.0 Å². The molecular formula is C13H26O2. The van der Waals surface area contributed by atoms with Crippen LogP contribution in [0.5, 0.6) is 0 Å². The minimum atomic E-state index is -1.98. The Morgan fingerprint density at radius 3 is 2.13 bits per heavy atom. The minimum absolute atomic E-state index is 0.132. The average molecular weight is 218 g/mol. The number of rotatable bonds is 5. The van der Waals surface area contributed by atoms with Crippen LogP contribution in [0.1, 0.15) is 53.9 Å². The average Bonchev–Trinajstić information content (AvgIpc) is 2.25. The Morgan fingerprint density at radius 1 is 1.13 bits per heavy atom. The molecule has 0 bridgehead atoms. The van der Waals surface area contributed by atoms with Crippen LogP contribution in [0, 0.1) is 0 Å². The summed E-state index contributed by atoms with van der Waals surface area (Å²) in [6.07, 6.45) is 0. The van der Waals surface area contributed by atoms with Crippen LogP contribution >= 0.6 is 0 Å². The highest BCUT2D eigenvalue weighted by molar-refractivity contribution is 5.25. The second-order valence-electron chi connectivity index (χ2n) is 4.66. The molecule has 0 heterocycles. The summed E-state index contributed by atoms with van der Waals surface area (Å²) in [7, 11) is -0.132. The molecule has 0 rings (SSSR count). The highest BCUT2D eigenvalue weighted by atomic mass is 16.5. The van der Waals surface area contributed by atoms with Crippen molar-refractivity contribution in [3.8, 4) is 0 Å². The largest absolute Gasteiger partial charge is 0.374 e. The summed E-state index contributed by atoms with van der Waals surface area (Å²) in [6.45, 7) is 8.62. The third-order valence-electron chi connectivity index (χ3n) is 3.06. The van der Waals surface area contributed by atoms with E-state index in [9.17, 15) is 0 Å². The molecule has 0 aliphatic heterocycles. The first kappa shape index (κ1) is 8.77. The Morgan fingerprint density at radius 2 is 1.67 bits per heavy atom. The molecule has 0 fully saturated rings. The first-order valence-corrected chi connectivity index (χ1v) is 5.00. The van der Waals surface area contributed by atoms with Crippen LogP contribution in [0.3, 0.4) is 0 Å². The second kappa shape index (κ2) is 5.13. The monoisotopic (exact) mass is 218 g/mol. The Bertz CT molecular complexity index is 336. The van der Waals surface area contributed by atoms with Crippen molar-refractivity contribution in [2.24, 2.45) is 0 Å². The van der Waals surface area contributed by atoms with Gasteiger partial charge in [0.25, 0.3) is 0 Å². The quantitative estimate of drug-likeness (QED) is 0.657. The molecular weight excluding hydrogens is 188 g/mol. The van der Waals surface area contributed by atoms with Crippen molar-refractivity contribution in [3.05, 3.63) is 11.1 Å². The Balaban J connectivity index is 5.30. The van der Waals surface area contributed by atoms with Gasteiger partial charge in [0, 0.05) is 15.0 Å². The summed E-state index contributed by atoms with van der Waals surface area (Å²) in [5.41, 5.74) is 0.325. The lowest BCUT2D eigenvalue weighted by Gasteiger charge is -2.33. The molecule has 2 nitrogen and oxygen atoms in total. The van der Waals surface area contributed by atoms with Gasteiger partial charge in [0.15, 0.2) is 0 Å². The van der Waals surface area contributed by atoms with Gasteiger partial charge in [0.05, 0.1) is 15.3 Å². The van der Waals surface area contributed by atoms with E-state index in [1.807, 2.05) is 27.7 Å². The standard InChI is InChI=1S/C13H26O2/c1-9-15-13(6,7)11(3)10(2)12(4,5)14-8/h9H2,1-8H3/b11-10-/i1D,8D,9D2. The van der Waals surface area contributed by atoms with Gasteiger partial charge >= 0.3 is 0 Å². The molecule has 0 amide bonds. The molecule has 0 saturated carbocycles. The predicted octanol–water partition coefficient (Wildman–Crippen LogP) is 3.56. The van der Waals surface area contributed by atoms with Crippen LogP contribution < -0.4 is 0 Å². The van der Waals surface area contributed by atoms with E-state index >= 15 is 0 Å². The summed E-state index contributed by atoms with van der Waals surface area (Å²) >= 11 is 0. The maximum absolute atomic E-state index is 7.57. The van der Waals surface area contributed by atoms with Crippen LogP contribution in [0.15, 0.2) is 11.1 Å². The van der Waals surface area contributed by atoms with Crippen molar-refractivity contribution in [1.82, 2.24) is 0 Å². The summed E-state index contributed by atoms with van der Waals surface area (Å²) in [5, 5.41) is 0. The number of ether oxygens (including phenoxy) is 2. The Kier molecular flexibility index (Phi) is 3.00. The topological polar surface area (TPSA) is 18.5 Å². The highest BCUT2D eigenvalue weighted by Crippen LogP contribution is 2.30. The van der Waals surface area contributed by atoms with Crippen molar-refractivity contribution in [2.45, 2.75) is 59.6 Å². The maximum Gasteiger partial charge on any atom is 0.0836 e. The van der Waals surface area contributed by atoms with Crippen molar-refractivity contribution in [2.75, 3.05) is 13.6 Å². The van der Waals surface area contributed by atoms with E-state index in [1.165, 1.54) is 0 Å². The zero-order chi connectivity index (χ0) is 15.5. The first-order chi connectivity index (χ1) is 8.39. The van der Waals surface area contributed by atoms with Crippen LogP contribution in [0.4, 0.5) is 0 Å². The summed E-state index contributed by atoms with van der Waals surface area (Å²) < 4.78 is 40.3. The maximum atomic E-state index is 7.57. The van der Waals surface area contributed by atoms with Gasteiger partial charge in [-0.3, -0.25) is 0 Å². The number of methoxy groups -OCH3 is 1. The van der Waals surface area contributed by atoms with Gasteiger partial charge in [-0.15, -0.1) is 0 Å². The van der Waals surface area contributed by atoms with Crippen LogP contribution in [0.2, 0.25) is 0 Å². The molecule has 0 aromatic heterocycles. The van der Waals surface area contributed by atoms with Gasteiger partial charge in [-0.1, -0.05) is 0 Å². The molecule has 0 spiro atoms. The molecule has 0 saturated heterocycles. The van der Waals surface area contributed by atoms with E-state index in [0.717, 1.165) is 11.1 Å². The second-order valence-corrected chi connectivity index (χ2v) is 4.66. The molecule has 0 unspecified atom stereocenters. The molecule has 0 aromatic carbocycles. The molecule has 15 heavy (non-hydrogen) atoms. The van der Waals surface area contributed by atoms with Gasteiger partial charge in [0.2, 0.25) is 0 Å². The SMILES string of the molecule is [2H]COC(C)(C)/C(C)=C(/C)C(C)(C)OC([2H])([2H])C[2H]. The first-order valence-electron chi connectivity index (χ1n) is 7.42. The molecule has 0 atom stereocenters. The van der Waals surface area contributed by atoms with Gasteiger partial charge in [-0.2, -0.15) is 0 Å². The molecule has 2 heteroatoms. The summed E-state index contributed by atoms with van der Waals surface area (Å²) in [4.78, 5) is 0. The third-order valence-corrected chi connectivity index (χ3v) is 3.06. The van der Waals surface area contributed by atoms with E-state index in [1.54, 1.807) is 13.8 Å². The fourth-order valence-electron chi connectivity index (χ4n) is 1.27. The third kappa shape index (κ3) is 3.62. The predicted molar refractivity (Wildman–Crippen MR) is 65.2 cm³/mol. The summed E-state index contributed by atoms with van der Waals surface area (Å²) in [5.74, 6) is 0. The van der Waals surface area contributed by atoms with Crippen LogP contribution in [-0.4, -0.2) is 24.8 Å². The van der Waals surface area contributed by atoms with Crippen molar-refractivity contribution in [1.29, 1.82) is 0 Å². The lowest BCUT2D eigenvalue weighted by atomic mass is 9.87. The van der Waals surface area contributed by atoms with Crippen molar-refractivity contribution in [3.63, 3.8) is 0 Å². The fourth-order valence-corrected chi connectivity index (χ4v) is 1.27. The smallest absolute Gasteiger partial charge is 0.0836 e. The van der Waals surface area contributed by atoms with E-state index in [-0.39, 0.29) is 7.09 Å². The highest BCUT2D eigenvalue weighted by Gasteiger charge is 2.28. The van der Waals surface area contributed by atoms with Gasteiger partial charge in [0.1, 0.15) is 0 Å². The molecule has 0 aromatic rings. The normalized spacial score (nSPS) is 19.9. The Labute approximate surface area is 100 Å². The molecule has 90 valence electrons. The zero-order valence-electron chi connectivity index (χ0n) is 14.7. The fraction of sp³-hybridized carbons (Fsp3) is 0.846. The van der Waals surface area contributed by atoms with Gasteiger partial charge in [-0.05, 0) is 59.6 Å². The molecule has 0 radical (unpaired) electrons. The Hall–Kier alpha value is -0.340. The lowest BCUT2D eigenvalue weighted by Crippen LogP contribution is -2.32. The zero-order valence-corrected chi connectivity index (χ0v) is 10.7. The van der Waals surface area contributed by atoms with E-state index < -0.39 is 24.7 Å². The summed E-state index contributed by atoms with van der Waals surface area (Å²) in [6, 6.07) is 0. The van der Waals surface area contributed by atoms with Gasteiger partial charge in [-0.25, -0.2) is 0 Å². The van der Waals surface area contributed by atoms with Crippen molar-refractivity contribution >= 4 is 0 Å². The van der Waals surface area contributed by atoms with E-state index in [0.29, 0.717) is 0 Å². The minimum Gasteiger partial charge on any atom is -0.374 e. The van der Waals surface area contributed by atoms with Crippen LogP contribution in [-0.2, 0) is 9.47 Å².